The number of phenols is 1. The van der Waals surface area contributed by atoms with Crippen molar-refractivity contribution in [1.29, 1.82) is 0 Å². The zero-order valence-corrected chi connectivity index (χ0v) is 15.5. The molecule has 0 aliphatic rings. The van der Waals surface area contributed by atoms with Gasteiger partial charge in [-0.25, -0.2) is 4.98 Å². The smallest absolute Gasteiger partial charge is 0.225 e. The van der Waals surface area contributed by atoms with Crippen LogP contribution in [-0.2, 0) is 0 Å². The average molecular weight is 369 g/mol. The van der Waals surface area contributed by atoms with Gasteiger partial charge in [-0.15, -0.1) is 0 Å². The van der Waals surface area contributed by atoms with Gasteiger partial charge >= 0.3 is 0 Å². The van der Waals surface area contributed by atoms with Gasteiger partial charge in [-0.2, -0.15) is 4.98 Å². The van der Waals surface area contributed by atoms with Gasteiger partial charge in [0.2, 0.25) is 5.95 Å². The molecular weight excluding hydrogens is 348 g/mol. The van der Waals surface area contributed by atoms with Crippen molar-refractivity contribution in [3.8, 4) is 17.0 Å². The molecule has 0 spiro atoms. The second-order valence-electron chi connectivity index (χ2n) is 6.07. The first kappa shape index (κ1) is 18.0. The fourth-order valence-corrected chi connectivity index (χ4v) is 2.62. The highest BCUT2D eigenvalue weighted by Crippen LogP contribution is 2.30. The van der Waals surface area contributed by atoms with E-state index in [4.69, 9.17) is 11.6 Å². The molecule has 1 aromatic heterocycles. The standard InChI is InChI=1S/C20H21ClN4O/c1-3-13(2)22-20-24-18(14-7-5-4-6-8-14)12-19(25-20)23-17-10-9-15(26)11-16(17)21/h4-13,26H,3H2,1-2H3,(H2,22,23,24,25)/t13-/m1/s1. The molecule has 5 nitrogen and oxygen atoms in total. The predicted octanol–water partition coefficient (Wildman–Crippen LogP) is 5.46. The van der Waals surface area contributed by atoms with Crippen LogP contribution < -0.4 is 10.6 Å². The first-order chi connectivity index (χ1) is 12.5. The fraction of sp³-hybridized carbons (Fsp3) is 0.200. The predicted molar refractivity (Wildman–Crippen MR) is 107 cm³/mol. The maximum atomic E-state index is 9.52. The normalized spacial score (nSPS) is 11.8. The molecule has 0 amide bonds. The highest BCUT2D eigenvalue weighted by molar-refractivity contribution is 6.33. The van der Waals surface area contributed by atoms with E-state index in [2.05, 4.69) is 34.4 Å². The van der Waals surface area contributed by atoms with Crippen LogP contribution in [0.4, 0.5) is 17.5 Å². The monoisotopic (exact) mass is 368 g/mol. The number of aromatic nitrogens is 2. The van der Waals surface area contributed by atoms with Gasteiger partial charge in [-0.3, -0.25) is 0 Å². The number of benzene rings is 2. The Morgan fingerprint density at radius 1 is 1.08 bits per heavy atom. The first-order valence-electron chi connectivity index (χ1n) is 8.51. The lowest BCUT2D eigenvalue weighted by Crippen LogP contribution is -2.16. The van der Waals surface area contributed by atoms with Gasteiger partial charge in [0.1, 0.15) is 11.6 Å². The van der Waals surface area contributed by atoms with Crippen LogP contribution in [0.3, 0.4) is 0 Å². The molecule has 0 unspecified atom stereocenters. The molecule has 0 aliphatic heterocycles. The summed E-state index contributed by atoms with van der Waals surface area (Å²) in [5, 5.41) is 16.5. The molecule has 2 aromatic carbocycles. The van der Waals surface area contributed by atoms with Crippen molar-refractivity contribution >= 4 is 29.1 Å². The minimum atomic E-state index is 0.118. The van der Waals surface area contributed by atoms with Crippen LogP contribution in [0.25, 0.3) is 11.3 Å². The van der Waals surface area contributed by atoms with Gasteiger partial charge in [-0.05, 0) is 25.5 Å². The van der Waals surface area contributed by atoms with Crippen molar-refractivity contribution in [3.63, 3.8) is 0 Å². The Kier molecular flexibility index (Phi) is 5.58. The average Bonchev–Trinajstić information content (AvgIpc) is 2.64. The van der Waals surface area contributed by atoms with Gasteiger partial charge in [0.25, 0.3) is 0 Å². The molecular formula is C20H21ClN4O. The van der Waals surface area contributed by atoms with Crippen LogP contribution in [0, 0.1) is 0 Å². The Morgan fingerprint density at radius 3 is 2.54 bits per heavy atom. The van der Waals surface area contributed by atoms with Crippen molar-refractivity contribution in [2.75, 3.05) is 10.6 Å². The molecule has 3 N–H and O–H groups in total. The molecule has 3 aromatic rings. The summed E-state index contributed by atoms with van der Waals surface area (Å²) in [6, 6.07) is 16.8. The Hall–Kier alpha value is -2.79. The van der Waals surface area contributed by atoms with Crippen LogP contribution in [0.1, 0.15) is 20.3 Å². The highest BCUT2D eigenvalue weighted by Gasteiger charge is 2.10. The van der Waals surface area contributed by atoms with Gasteiger partial charge in [-0.1, -0.05) is 48.9 Å². The maximum Gasteiger partial charge on any atom is 0.225 e. The number of aromatic hydroxyl groups is 1. The van der Waals surface area contributed by atoms with Crippen LogP contribution in [0.15, 0.2) is 54.6 Å². The molecule has 3 rings (SSSR count). The highest BCUT2D eigenvalue weighted by atomic mass is 35.5. The van der Waals surface area contributed by atoms with E-state index in [-0.39, 0.29) is 11.8 Å². The quantitative estimate of drug-likeness (QED) is 0.504. The third kappa shape index (κ3) is 4.43. The third-order valence-electron chi connectivity index (χ3n) is 4.00. The number of halogens is 1. The van der Waals surface area contributed by atoms with E-state index in [9.17, 15) is 5.11 Å². The summed E-state index contributed by atoms with van der Waals surface area (Å²) in [5.74, 6) is 1.29. The summed E-state index contributed by atoms with van der Waals surface area (Å²) in [4.78, 5) is 9.19. The SMILES string of the molecule is CC[C@@H](C)Nc1nc(Nc2ccc(O)cc2Cl)cc(-c2ccccc2)n1. The Labute approximate surface area is 158 Å². The van der Waals surface area contributed by atoms with Crippen molar-refractivity contribution in [2.24, 2.45) is 0 Å². The van der Waals surface area contributed by atoms with Crippen molar-refractivity contribution in [1.82, 2.24) is 9.97 Å². The second kappa shape index (κ2) is 8.06. The maximum absolute atomic E-state index is 9.52. The molecule has 1 atom stereocenters. The Bertz CT molecular complexity index is 886. The van der Waals surface area contributed by atoms with Crippen molar-refractivity contribution < 1.29 is 5.11 Å². The molecule has 0 aliphatic carbocycles. The number of phenolic OH excluding ortho intramolecular Hbond substituents is 1. The lowest BCUT2D eigenvalue weighted by atomic mass is 10.1. The second-order valence-corrected chi connectivity index (χ2v) is 6.48. The van der Waals surface area contributed by atoms with Crippen LogP contribution in [0.5, 0.6) is 5.75 Å². The van der Waals surface area contributed by atoms with E-state index in [1.807, 2.05) is 36.4 Å². The molecule has 26 heavy (non-hydrogen) atoms. The van der Waals surface area contributed by atoms with E-state index in [0.29, 0.717) is 22.5 Å². The molecule has 0 fully saturated rings. The molecule has 1 heterocycles. The lowest BCUT2D eigenvalue weighted by Gasteiger charge is -2.15. The Balaban J connectivity index is 1.98. The largest absolute Gasteiger partial charge is 0.508 e. The van der Waals surface area contributed by atoms with E-state index >= 15 is 0 Å². The molecule has 134 valence electrons. The lowest BCUT2D eigenvalue weighted by molar-refractivity contribution is 0.475. The summed E-state index contributed by atoms with van der Waals surface area (Å²) in [6.07, 6.45) is 0.964. The van der Waals surface area contributed by atoms with Gasteiger partial charge < -0.3 is 15.7 Å². The molecule has 6 heteroatoms. The summed E-state index contributed by atoms with van der Waals surface area (Å²) in [7, 11) is 0. The van der Waals surface area contributed by atoms with E-state index < -0.39 is 0 Å². The number of hydrogen-bond donors (Lipinski definition) is 3. The number of nitrogens with one attached hydrogen (secondary N) is 2. The van der Waals surface area contributed by atoms with Gasteiger partial charge in [0, 0.05) is 23.7 Å². The summed E-state index contributed by atoms with van der Waals surface area (Å²) >= 11 is 6.20. The van der Waals surface area contributed by atoms with Crippen LogP contribution >= 0.6 is 11.6 Å². The number of hydrogen-bond acceptors (Lipinski definition) is 5. The molecule has 0 radical (unpaired) electrons. The summed E-state index contributed by atoms with van der Waals surface area (Å²) in [5.41, 5.74) is 2.47. The number of rotatable bonds is 6. The minimum Gasteiger partial charge on any atom is -0.508 e. The molecule has 0 bridgehead atoms. The van der Waals surface area contributed by atoms with Crippen molar-refractivity contribution in [3.05, 3.63) is 59.6 Å². The number of anilines is 3. The topological polar surface area (TPSA) is 70.1 Å². The van der Waals surface area contributed by atoms with Crippen LogP contribution in [-0.4, -0.2) is 21.1 Å². The van der Waals surface area contributed by atoms with Crippen molar-refractivity contribution in [2.45, 2.75) is 26.3 Å². The summed E-state index contributed by atoms with van der Waals surface area (Å²) < 4.78 is 0. The zero-order chi connectivity index (χ0) is 18.5. The van der Waals surface area contributed by atoms with E-state index in [1.54, 1.807) is 12.1 Å². The number of nitrogens with zero attached hydrogens (tertiary/aromatic N) is 2. The van der Waals surface area contributed by atoms with Gasteiger partial charge in [0.05, 0.1) is 16.4 Å². The van der Waals surface area contributed by atoms with Crippen LogP contribution in [0.2, 0.25) is 5.02 Å². The van der Waals surface area contributed by atoms with Gasteiger partial charge in [0.15, 0.2) is 0 Å². The zero-order valence-electron chi connectivity index (χ0n) is 14.7. The van der Waals surface area contributed by atoms with E-state index in [0.717, 1.165) is 17.7 Å². The molecule has 0 saturated heterocycles. The first-order valence-corrected chi connectivity index (χ1v) is 8.89. The molecule has 0 saturated carbocycles. The summed E-state index contributed by atoms with van der Waals surface area (Å²) in [6.45, 7) is 4.19. The Morgan fingerprint density at radius 2 is 1.85 bits per heavy atom. The third-order valence-corrected chi connectivity index (χ3v) is 4.31. The minimum absolute atomic E-state index is 0.118. The fourth-order valence-electron chi connectivity index (χ4n) is 2.40. The van der Waals surface area contributed by atoms with E-state index in [1.165, 1.54) is 6.07 Å².